The van der Waals surface area contributed by atoms with Crippen LogP contribution in [0.5, 0.6) is 5.75 Å². The molecule has 0 fully saturated rings. The molecule has 0 bridgehead atoms. The molecule has 0 unspecified atom stereocenters. The van der Waals surface area contributed by atoms with Crippen molar-refractivity contribution in [1.82, 2.24) is 0 Å². The fourth-order valence-electron chi connectivity index (χ4n) is 4.02. The number of methoxy groups -OCH3 is 1. The SMILES string of the molecule is COc1ccc(C[PH](c2ccccc2)(c2ccccc2)c2ccccc2)cc1. The van der Waals surface area contributed by atoms with Crippen LogP contribution >= 0.6 is 7.26 Å². The van der Waals surface area contributed by atoms with Crippen molar-refractivity contribution in [3.8, 4) is 5.75 Å². The van der Waals surface area contributed by atoms with Crippen molar-refractivity contribution in [2.45, 2.75) is 6.16 Å². The molecular weight excluding hydrogens is 359 g/mol. The first-order valence-electron chi connectivity index (χ1n) is 9.62. The van der Waals surface area contributed by atoms with Gasteiger partial charge in [0.1, 0.15) is 0 Å². The Labute approximate surface area is 168 Å². The monoisotopic (exact) mass is 384 g/mol. The molecule has 0 saturated heterocycles. The maximum atomic E-state index is 5.36. The Kier molecular flexibility index (Phi) is 5.55. The summed E-state index contributed by atoms with van der Waals surface area (Å²) in [6.07, 6.45) is 1.01. The van der Waals surface area contributed by atoms with Crippen LogP contribution in [0.15, 0.2) is 115 Å². The van der Waals surface area contributed by atoms with Gasteiger partial charge in [0, 0.05) is 0 Å². The Morgan fingerprint density at radius 2 is 0.929 bits per heavy atom. The third-order valence-electron chi connectivity index (χ3n) is 5.43. The molecule has 4 rings (SSSR count). The fourth-order valence-corrected chi connectivity index (χ4v) is 8.77. The van der Waals surface area contributed by atoms with Gasteiger partial charge in [0.05, 0.1) is 0 Å². The van der Waals surface area contributed by atoms with Crippen LogP contribution in [0.4, 0.5) is 0 Å². The molecule has 0 aliphatic heterocycles. The van der Waals surface area contributed by atoms with Crippen LogP contribution in [-0.4, -0.2) is 7.11 Å². The first-order valence-corrected chi connectivity index (χ1v) is 11.8. The molecule has 1 nitrogen and oxygen atoms in total. The summed E-state index contributed by atoms with van der Waals surface area (Å²) in [5, 5.41) is 4.30. The summed E-state index contributed by atoms with van der Waals surface area (Å²) in [5.74, 6) is 0.898. The Balaban J connectivity index is 1.95. The number of rotatable bonds is 6. The van der Waals surface area contributed by atoms with Crippen molar-refractivity contribution in [3.63, 3.8) is 0 Å². The summed E-state index contributed by atoms with van der Waals surface area (Å²) in [6.45, 7) is 0. The van der Waals surface area contributed by atoms with Crippen molar-refractivity contribution < 1.29 is 4.74 Å². The minimum atomic E-state index is -2.23. The van der Waals surface area contributed by atoms with E-state index < -0.39 is 7.26 Å². The number of hydrogen-bond acceptors (Lipinski definition) is 1. The Morgan fingerprint density at radius 3 is 1.29 bits per heavy atom. The van der Waals surface area contributed by atoms with E-state index in [0.717, 1.165) is 11.9 Å². The van der Waals surface area contributed by atoms with Crippen molar-refractivity contribution >= 4 is 23.2 Å². The van der Waals surface area contributed by atoms with Crippen LogP contribution in [0.3, 0.4) is 0 Å². The zero-order chi connectivity index (χ0) is 19.2. The van der Waals surface area contributed by atoms with Crippen LogP contribution in [-0.2, 0) is 6.16 Å². The molecule has 0 aliphatic rings. The number of benzene rings is 4. The van der Waals surface area contributed by atoms with Gasteiger partial charge in [0.2, 0.25) is 0 Å². The second-order valence-electron chi connectivity index (χ2n) is 7.03. The second kappa shape index (κ2) is 8.42. The van der Waals surface area contributed by atoms with Gasteiger partial charge in [0.15, 0.2) is 0 Å². The van der Waals surface area contributed by atoms with Crippen LogP contribution < -0.4 is 20.7 Å². The molecule has 4 aromatic carbocycles. The van der Waals surface area contributed by atoms with Crippen molar-refractivity contribution in [3.05, 3.63) is 121 Å². The van der Waals surface area contributed by atoms with Crippen LogP contribution in [0.1, 0.15) is 5.56 Å². The second-order valence-corrected chi connectivity index (χ2v) is 10.9. The molecule has 0 N–H and O–H groups in total. The first-order chi connectivity index (χ1) is 13.8. The summed E-state index contributed by atoms with van der Waals surface area (Å²) in [6, 6.07) is 41.6. The van der Waals surface area contributed by atoms with E-state index >= 15 is 0 Å². The van der Waals surface area contributed by atoms with E-state index in [0.29, 0.717) is 0 Å². The van der Waals surface area contributed by atoms with E-state index in [-0.39, 0.29) is 0 Å². The molecule has 0 aromatic heterocycles. The normalized spacial score (nSPS) is 11.8. The average Bonchev–Trinajstić information content (AvgIpc) is 2.80. The molecule has 140 valence electrons. The van der Waals surface area contributed by atoms with E-state index in [1.165, 1.54) is 21.5 Å². The Morgan fingerprint density at radius 1 is 0.536 bits per heavy atom. The Hall–Kier alpha value is -2.89. The van der Waals surface area contributed by atoms with Crippen LogP contribution in [0.2, 0.25) is 0 Å². The molecule has 0 amide bonds. The molecule has 0 spiro atoms. The van der Waals surface area contributed by atoms with E-state index in [2.05, 4.69) is 115 Å². The Bertz CT molecular complexity index is 900. The van der Waals surface area contributed by atoms with Gasteiger partial charge in [-0.3, -0.25) is 0 Å². The van der Waals surface area contributed by atoms with Gasteiger partial charge in [0.25, 0.3) is 0 Å². The molecule has 0 atom stereocenters. The third-order valence-corrected chi connectivity index (χ3v) is 10.3. The molecule has 0 radical (unpaired) electrons. The van der Waals surface area contributed by atoms with Crippen LogP contribution in [0, 0.1) is 0 Å². The van der Waals surface area contributed by atoms with Crippen LogP contribution in [0.25, 0.3) is 0 Å². The maximum absolute atomic E-state index is 5.36. The summed E-state index contributed by atoms with van der Waals surface area (Å²) >= 11 is 0. The third kappa shape index (κ3) is 3.59. The topological polar surface area (TPSA) is 9.23 Å². The predicted octanol–water partition coefficient (Wildman–Crippen LogP) is 4.92. The first kappa shape index (κ1) is 18.5. The van der Waals surface area contributed by atoms with E-state index in [9.17, 15) is 0 Å². The zero-order valence-corrected chi connectivity index (χ0v) is 17.1. The number of hydrogen-bond donors (Lipinski definition) is 0. The summed E-state index contributed by atoms with van der Waals surface area (Å²) in [4.78, 5) is 0. The van der Waals surface area contributed by atoms with E-state index in [4.69, 9.17) is 4.74 Å². The van der Waals surface area contributed by atoms with Gasteiger partial charge in [-0.15, -0.1) is 0 Å². The standard InChI is InChI=1S/C26H25OP/c1-27-23-19-17-22(18-20-23)21-28(24-11-5-2-6-12-24,25-13-7-3-8-14-25)26-15-9-4-10-16-26/h2-20,28H,21H2,1H3. The van der Waals surface area contributed by atoms with Gasteiger partial charge in [-0.05, 0) is 0 Å². The summed E-state index contributed by atoms with van der Waals surface area (Å²) in [7, 11) is -0.519. The molecule has 4 aromatic rings. The molecule has 28 heavy (non-hydrogen) atoms. The van der Waals surface area contributed by atoms with Crippen molar-refractivity contribution in [1.29, 1.82) is 0 Å². The van der Waals surface area contributed by atoms with E-state index in [1.54, 1.807) is 7.11 Å². The minimum absolute atomic E-state index is 0.898. The molecule has 2 heteroatoms. The predicted molar refractivity (Wildman–Crippen MR) is 123 cm³/mol. The number of ether oxygens (including phenoxy) is 1. The van der Waals surface area contributed by atoms with E-state index in [1.807, 2.05) is 0 Å². The average molecular weight is 384 g/mol. The zero-order valence-electron chi connectivity index (χ0n) is 16.1. The van der Waals surface area contributed by atoms with Gasteiger partial charge in [-0.1, -0.05) is 0 Å². The van der Waals surface area contributed by atoms with Gasteiger partial charge in [-0.25, -0.2) is 0 Å². The fraction of sp³-hybridized carbons (Fsp3) is 0.0769. The summed E-state index contributed by atoms with van der Waals surface area (Å²) < 4.78 is 5.36. The van der Waals surface area contributed by atoms with Crippen molar-refractivity contribution in [2.24, 2.45) is 0 Å². The quantitative estimate of drug-likeness (QED) is 0.429. The molecule has 0 aliphatic carbocycles. The summed E-state index contributed by atoms with van der Waals surface area (Å²) in [5.41, 5.74) is 1.34. The van der Waals surface area contributed by atoms with Crippen molar-refractivity contribution in [2.75, 3.05) is 7.11 Å². The molecule has 0 saturated carbocycles. The van der Waals surface area contributed by atoms with Gasteiger partial charge >= 0.3 is 168 Å². The van der Waals surface area contributed by atoms with Gasteiger partial charge in [-0.2, -0.15) is 0 Å². The molecule has 0 heterocycles. The van der Waals surface area contributed by atoms with Gasteiger partial charge < -0.3 is 0 Å². The molecular formula is C26H25OP.